The predicted molar refractivity (Wildman–Crippen MR) is 122 cm³/mol. The molecule has 4 rings (SSSR count). The van der Waals surface area contributed by atoms with Gasteiger partial charge in [-0.05, 0) is 54.5 Å². The van der Waals surface area contributed by atoms with Crippen molar-refractivity contribution in [2.45, 2.75) is 25.8 Å². The Morgan fingerprint density at radius 1 is 0.839 bits per heavy atom. The normalized spacial score (nSPS) is 13.6. The van der Waals surface area contributed by atoms with Crippen LogP contribution in [0.4, 0.5) is 0 Å². The number of likely N-dealkylation sites (tertiary alicyclic amines) is 1. The highest BCUT2D eigenvalue weighted by molar-refractivity contribution is 7.12. The molecule has 1 fully saturated rings. The minimum Gasteiger partial charge on any atom is -0.348 e. The Bertz CT molecular complexity index is 1070. The van der Waals surface area contributed by atoms with E-state index in [9.17, 15) is 14.4 Å². The van der Waals surface area contributed by atoms with Gasteiger partial charge in [-0.25, -0.2) is 0 Å². The number of thiophene rings is 1. The third-order valence-electron chi connectivity index (χ3n) is 5.46. The monoisotopic (exact) mass is 432 g/mol. The molecule has 0 unspecified atom stereocenters. The van der Waals surface area contributed by atoms with Gasteiger partial charge in [0.25, 0.3) is 11.8 Å². The second-order valence-corrected chi connectivity index (χ2v) is 8.53. The van der Waals surface area contributed by atoms with Crippen molar-refractivity contribution < 1.29 is 14.4 Å². The minimum absolute atomic E-state index is 0.0660. The number of benzene rings is 2. The molecule has 1 saturated heterocycles. The number of nitrogens with zero attached hydrogens (tertiary/aromatic N) is 1. The van der Waals surface area contributed by atoms with Crippen LogP contribution in [0.15, 0.2) is 66.0 Å². The van der Waals surface area contributed by atoms with E-state index >= 15 is 0 Å². The van der Waals surface area contributed by atoms with Gasteiger partial charge in [0.15, 0.2) is 0 Å². The summed E-state index contributed by atoms with van der Waals surface area (Å²) >= 11 is 1.36. The van der Waals surface area contributed by atoms with Crippen LogP contribution in [-0.2, 0) is 6.54 Å². The SMILES string of the molecule is O=C(NCc1ccc(C(=O)N2CCCCC2)cc1)c1ccccc1C(=O)c1cccs1. The molecule has 158 valence electrons. The summed E-state index contributed by atoms with van der Waals surface area (Å²) in [5, 5.41) is 4.73. The third kappa shape index (κ3) is 4.91. The van der Waals surface area contributed by atoms with Crippen LogP contribution >= 0.6 is 11.3 Å². The minimum atomic E-state index is -0.297. The molecule has 6 heteroatoms. The lowest BCUT2D eigenvalue weighted by Gasteiger charge is -2.26. The summed E-state index contributed by atoms with van der Waals surface area (Å²) in [5.41, 5.74) is 2.32. The Morgan fingerprint density at radius 3 is 2.23 bits per heavy atom. The van der Waals surface area contributed by atoms with Crippen molar-refractivity contribution in [3.63, 3.8) is 0 Å². The van der Waals surface area contributed by atoms with Crippen molar-refractivity contribution >= 4 is 28.9 Å². The van der Waals surface area contributed by atoms with Gasteiger partial charge in [0, 0.05) is 30.8 Å². The fourth-order valence-corrected chi connectivity index (χ4v) is 4.42. The lowest BCUT2D eigenvalue weighted by Crippen LogP contribution is -2.35. The summed E-state index contributed by atoms with van der Waals surface area (Å²) in [6.07, 6.45) is 3.31. The van der Waals surface area contributed by atoms with E-state index in [4.69, 9.17) is 0 Å². The predicted octanol–water partition coefficient (Wildman–Crippen LogP) is 4.54. The largest absolute Gasteiger partial charge is 0.348 e. The number of hydrogen-bond donors (Lipinski definition) is 1. The first kappa shape index (κ1) is 21.0. The van der Waals surface area contributed by atoms with Gasteiger partial charge in [0.05, 0.1) is 10.4 Å². The van der Waals surface area contributed by atoms with Crippen LogP contribution < -0.4 is 5.32 Å². The molecule has 31 heavy (non-hydrogen) atoms. The van der Waals surface area contributed by atoms with Crippen LogP contribution in [-0.4, -0.2) is 35.6 Å². The lowest BCUT2D eigenvalue weighted by atomic mass is 10.0. The average molecular weight is 433 g/mol. The number of amides is 2. The molecular formula is C25H24N2O3S. The number of carbonyl (C=O) groups excluding carboxylic acids is 3. The van der Waals surface area contributed by atoms with Crippen LogP contribution in [0.25, 0.3) is 0 Å². The van der Waals surface area contributed by atoms with Gasteiger partial charge >= 0.3 is 0 Å². The van der Waals surface area contributed by atoms with Crippen LogP contribution in [0.2, 0.25) is 0 Å². The van der Waals surface area contributed by atoms with Crippen molar-refractivity contribution in [1.29, 1.82) is 0 Å². The van der Waals surface area contributed by atoms with Crippen LogP contribution in [0.1, 0.15) is 60.8 Å². The zero-order valence-electron chi connectivity index (χ0n) is 17.2. The van der Waals surface area contributed by atoms with E-state index < -0.39 is 0 Å². The molecular weight excluding hydrogens is 408 g/mol. The van der Waals surface area contributed by atoms with Crippen molar-refractivity contribution in [2.75, 3.05) is 13.1 Å². The maximum atomic E-state index is 12.8. The van der Waals surface area contributed by atoms with Gasteiger partial charge in [-0.15, -0.1) is 11.3 Å². The van der Waals surface area contributed by atoms with Crippen molar-refractivity contribution in [3.05, 3.63) is 93.2 Å². The summed E-state index contributed by atoms with van der Waals surface area (Å²) in [6, 6.07) is 17.8. The second kappa shape index (κ2) is 9.71. The number of rotatable bonds is 6. The molecule has 1 N–H and O–H groups in total. The topological polar surface area (TPSA) is 66.5 Å². The Morgan fingerprint density at radius 2 is 1.55 bits per heavy atom. The Balaban J connectivity index is 1.40. The summed E-state index contributed by atoms with van der Waals surface area (Å²) in [7, 11) is 0. The first-order chi connectivity index (χ1) is 15.1. The smallest absolute Gasteiger partial charge is 0.253 e. The van der Waals surface area contributed by atoms with Crippen LogP contribution in [0.3, 0.4) is 0 Å². The molecule has 0 saturated carbocycles. The molecule has 1 aromatic heterocycles. The second-order valence-electron chi connectivity index (χ2n) is 7.58. The Hall–Kier alpha value is -3.25. The molecule has 0 spiro atoms. The van der Waals surface area contributed by atoms with Gasteiger partial charge in [0.2, 0.25) is 5.78 Å². The fraction of sp³-hybridized carbons (Fsp3) is 0.240. The summed E-state index contributed by atoms with van der Waals surface area (Å²) in [4.78, 5) is 40.6. The summed E-state index contributed by atoms with van der Waals surface area (Å²) in [5.74, 6) is -0.383. The maximum absolute atomic E-state index is 12.8. The van der Waals surface area contributed by atoms with Crippen molar-refractivity contribution in [1.82, 2.24) is 10.2 Å². The van der Waals surface area contributed by atoms with Gasteiger partial charge in [-0.2, -0.15) is 0 Å². The highest BCUT2D eigenvalue weighted by Crippen LogP contribution is 2.19. The molecule has 5 nitrogen and oxygen atoms in total. The number of nitrogens with one attached hydrogen (secondary N) is 1. The molecule has 3 aromatic rings. The molecule has 0 aliphatic carbocycles. The molecule has 2 amide bonds. The maximum Gasteiger partial charge on any atom is 0.253 e. The standard InChI is InChI=1S/C25H24N2O3S/c28-23(22-9-6-16-31-22)20-7-2-3-8-21(20)24(29)26-17-18-10-12-19(13-11-18)25(30)27-14-4-1-5-15-27/h2-3,6-13,16H,1,4-5,14-15,17H2,(H,26,29). The van der Waals surface area contributed by atoms with E-state index in [0.29, 0.717) is 28.1 Å². The first-order valence-corrected chi connectivity index (χ1v) is 11.3. The zero-order chi connectivity index (χ0) is 21.6. The molecule has 1 aliphatic heterocycles. The van der Waals surface area contributed by atoms with Gasteiger partial charge in [0.1, 0.15) is 0 Å². The average Bonchev–Trinajstić information content (AvgIpc) is 3.37. The Kier molecular flexibility index (Phi) is 6.57. The number of hydrogen-bond acceptors (Lipinski definition) is 4. The van der Waals surface area contributed by atoms with E-state index in [1.54, 1.807) is 30.3 Å². The summed E-state index contributed by atoms with van der Waals surface area (Å²) < 4.78 is 0. The molecule has 1 aliphatic rings. The van der Waals surface area contributed by atoms with Crippen LogP contribution in [0, 0.1) is 0 Å². The summed E-state index contributed by atoms with van der Waals surface area (Å²) in [6.45, 7) is 1.96. The highest BCUT2D eigenvalue weighted by Gasteiger charge is 2.19. The number of ketones is 1. The van der Waals surface area contributed by atoms with E-state index in [-0.39, 0.29) is 17.6 Å². The first-order valence-electron chi connectivity index (χ1n) is 10.5. The van der Waals surface area contributed by atoms with Crippen LogP contribution in [0.5, 0.6) is 0 Å². The molecule has 2 heterocycles. The van der Waals surface area contributed by atoms with Gasteiger partial charge in [-0.1, -0.05) is 36.4 Å². The molecule has 0 radical (unpaired) electrons. The van der Waals surface area contributed by atoms with Crippen molar-refractivity contribution in [3.8, 4) is 0 Å². The van der Waals surface area contributed by atoms with Crippen molar-refractivity contribution in [2.24, 2.45) is 0 Å². The van der Waals surface area contributed by atoms with E-state index in [1.165, 1.54) is 17.8 Å². The molecule has 0 atom stereocenters. The fourth-order valence-electron chi connectivity index (χ4n) is 3.74. The zero-order valence-corrected chi connectivity index (χ0v) is 18.0. The van der Waals surface area contributed by atoms with Gasteiger partial charge in [-0.3, -0.25) is 14.4 Å². The molecule has 2 aromatic carbocycles. The van der Waals surface area contributed by atoms with E-state index in [2.05, 4.69) is 5.32 Å². The Labute approximate surface area is 185 Å². The number of carbonyl (C=O) groups is 3. The third-order valence-corrected chi connectivity index (χ3v) is 6.33. The lowest BCUT2D eigenvalue weighted by molar-refractivity contribution is 0.0724. The highest BCUT2D eigenvalue weighted by atomic mass is 32.1. The van der Waals surface area contributed by atoms with E-state index in [1.807, 2.05) is 40.6 Å². The number of piperidine rings is 1. The van der Waals surface area contributed by atoms with Gasteiger partial charge < -0.3 is 10.2 Å². The quantitative estimate of drug-likeness (QED) is 0.582. The molecule has 0 bridgehead atoms. The van der Waals surface area contributed by atoms with E-state index in [0.717, 1.165) is 31.5 Å².